The number of halogens is 4. The molecule has 0 aromatic heterocycles. The monoisotopic (exact) mass is 332 g/mol. The minimum absolute atomic E-state index is 0.0922. The number of hydrogen-bond donors (Lipinski definition) is 0. The Morgan fingerprint density at radius 1 is 1.19 bits per heavy atom. The summed E-state index contributed by atoms with van der Waals surface area (Å²) in [6, 6.07) is 7.20. The molecule has 0 saturated heterocycles. The molecule has 2 rings (SSSR count). The lowest BCUT2D eigenvalue weighted by Gasteiger charge is -2.14. The van der Waals surface area contributed by atoms with Crippen LogP contribution in [0.5, 0.6) is 11.5 Å². The van der Waals surface area contributed by atoms with Crippen molar-refractivity contribution in [3.8, 4) is 11.5 Å². The summed E-state index contributed by atoms with van der Waals surface area (Å²) in [5.74, 6) is -0.946. The molecule has 0 radical (unpaired) electrons. The Morgan fingerprint density at radius 2 is 1.95 bits per heavy atom. The molecule has 0 atom stereocenters. The van der Waals surface area contributed by atoms with E-state index in [9.17, 15) is 8.78 Å². The van der Waals surface area contributed by atoms with Crippen molar-refractivity contribution < 1.29 is 18.3 Å². The first-order valence-electron chi connectivity index (χ1n) is 6.05. The Kier molecular flexibility index (Phi) is 5.26. The number of rotatable bonds is 5. The van der Waals surface area contributed by atoms with E-state index in [2.05, 4.69) is 0 Å². The first-order chi connectivity index (χ1) is 10.1. The summed E-state index contributed by atoms with van der Waals surface area (Å²) in [6.07, 6.45) is 0. The van der Waals surface area contributed by atoms with Crippen LogP contribution in [0.2, 0.25) is 5.02 Å². The number of benzene rings is 2. The average Bonchev–Trinajstić information content (AvgIpc) is 2.49. The van der Waals surface area contributed by atoms with Crippen LogP contribution in [0.25, 0.3) is 0 Å². The van der Waals surface area contributed by atoms with Crippen LogP contribution < -0.4 is 9.47 Å². The van der Waals surface area contributed by atoms with Crippen LogP contribution in [0.3, 0.4) is 0 Å². The summed E-state index contributed by atoms with van der Waals surface area (Å²) in [4.78, 5) is 0. The predicted molar refractivity (Wildman–Crippen MR) is 78.3 cm³/mol. The van der Waals surface area contributed by atoms with Gasteiger partial charge in [0.15, 0.2) is 23.1 Å². The van der Waals surface area contributed by atoms with E-state index < -0.39 is 11.6 Å². The molecule has 0 aliphatic rings. The van der Waals surface area contributed by atoms with Gasteiger partial charge in [0.25, 0.3) is 0 Å². The third-order valence-electron chi connectivity index (χ3n) is 2.85. The molecule has 2 aromatic rings. The summed E-state index contributed by atoms with van der Waals surface area (Å²) in [6.45, 7) is -0.167. The summed E-state index contributed by atoms with van der Waals surface area (Å²) < 4.78 is 37.4. The van der Waals surface area contributed by atoms with E-state index in [-0.39, 0.29) is 23.8 Å². The van der Waals surface area contributed by atoms with Crippen molar-refractivity contribution in [2.24, 2.45) is 0 Å². The maximum absolute atomic E-state index is 13.6. The Balaban J connectivity index is 2.25. The van der Waals surface area contributed by atoms with Crippen molar-refractivity contribution >= 4 is 23.2 Å². The van der Waals surface area contributed by atoms with Gasteiger partial charge in [0.2, 0.25) is 0 Å². The topological polar surface area (TPSA) is 18.5 Å². The van der Waals surface area contributed by atoms with Crippen LogP contribution in [0.1, 0.15) is 11.1 Å². The minimum Gasteiger partial charge on any atom is -0.493 e. The third kappa shape index (κ3) is 3.57. The second-order valence-electron chi connectivity index (χ2n) is 4.24. The molecule has 112 valence electrons. The molecule has 0 aliphatic heterocycles. The zero-order chi connectivity index (χ0) is 15.4. The Bertz CT molecular complexity index is 648. The zero-order valence-electron chi connectivity index (χ0n) is 11.1. The molecule has 0 amide bonds. The summed E-state index contributed by atoms with van der Waals surface area (Å²) >= 11 is 11.8. The van der Waals surface area contributed by atoms with Gasteiger partial charge >= 0.3 is 0 Å². The van der Waals surface area contributed by atoms with Gasteiger partial charge in [-0.1, -0.05) is 23.7 Å². The fourth-order valence-corrected chi connectivity index (χ4v) is 2.24. The molecule has 2 aromatic carbocycles. The van der Waals surface area contributed by atoms with Gasteiger partial charge in [0, 0.05) is 11.4 Å². The lowest BCUT2D eigenvalue weighted by Crippen LogP contribution is -2.02. The van der Waals surface area contributed by atoms with E-state index in [4.69, 9.17) is 32.7 Å². The van der Waals surface area contributed by atoms with Crippen LogP contribution in [0, 0.1) is 11.6 Å². The molecular formula is C15H12Cl2F2O2. The van der Waals surface area contributed by atoms with Crippen molar-refractivity contribution in [2.45, 2.75) is 12.5 Å². The summed E-state index contributed by atoms with van der Waals surface area (Å²) in [5.41, 5.74) is 0.859. The number of alkyl halides is 1. The molecule has 21 heavy (non-hydrogen) atoms. The first kappa shape index (κ1) is 15.9. The molecule has 0 fully saturated rings. The van der Waals surface area contributed by atoms with Crippen molar-refractivity contribution in [2.75, 3.05) is 7.11 Å². The largest absolute Gasteiger partial charge is 0.493 e. The average molecular weight is 333 g/mol. The number of methoxy groups -OCH3 is 1. The molecule has 0 aliphatic carbocycles. The van der Waals surface area contributed by atoms with E-state index in [0.29, 0.717) is 10.8 Å². The van der Waals surface area contributed by atoms with E-state index >= 15 is 0 Å². The van der Waals surface area contributed by atoms with Crippen molar-refractivity contribution in [1.29, 1.82) is 0 Å². The van der Waals surface area contributed by atoms with Gasteiger partial charge in [-0.2, -0.15) is 0 Å². The smallest absolute Gasteiger partial charge is 0.180 e. The molecule has 0 saturated carbocycles. The van der Waals surface area contributed by atoms with Gasteiger partial charge in [-0.05, 0) is 23.8 Å². The normalized spacial score (nSPS) is 10.5. The molecule has 0 heterocycles. The third-order valence-corrected chi connectivity index (χ3v) is 3.44. The maximum atomic E-state index is 13.6. The standard InChI is InChI=1S/C15H12Cl2F2O2/c1-20-13-6-9(7-16)5-11(17)15(13)21-8-10-3-2-4-12(18)14(10)19/h2-6H,7-8H2,1H3. The van der Waals surface area contributed by atoms with Crippen LogP contribution in [0.15, 0.2) is 30.3 Å². The minimum atomic E-state index is -0.940. The number of hydrogen-bond acceptors (Lipinski definition) is 2. The highest BCUT2D eigenvalue weighted by Gasteiger charge is 2.14. The van der Waals surface area contributed by atoms with Crippen LogP contribution in [-0.2, 0) is 12.5 Å². The predicted octanol–water partition coefficient (Wildman–Crippen LogP) is 4.94. The van der Waals surface area contributed by atoms with Gasteiger partial charge < -0.3 is 9.47 Å². The van der Waals surface area contributed by atoms with Crippen LogP contribution in [0.4, 0.5) is 8.78 Å². The van der Waals surface area contributed by atoms with E-state index in [1.165, 1.54) is 19.2 Å². The molecule has 0 N–H and O–H groups in total. The summed E-state index contributed by atoms with van der Waals surface area (Å²) in [7, 11) is 1.46. The number of ether oxygens (including phenoxy) is 2. The Labute approximate surface area is 131 Å². The quantitative estimate of drug-likeness (QED) is 0.721. The van der Waals surface area contributed by atoms with E-state index in [1.807, 2.05) is 0 Å². The second-order valence-corrected chi connectivity index (χ2v) is 4.92. The van der Waals surface area contributed by atoms with Gasteiger partial charge in [-0.15, -0.1) is 11.6 Å². The SMILES string of the molecule is COc1cc(CCl)cc(Cl)c1OCc1cccc(F)c1F. The van der Waals surface area contributed by atoms with Crippen molar-refractivity contribution in [3.63, 3.8) is 0 Å². The second kappa shape index (κ2) is 6.96. The fraction of sp³-hybridized carbons (Fsp3) is 0.200. The molecule has 0 unspecified atom stereocenters. The van der Waals surface area contributed by atoms with Crippen LogP contribution in [-0.4, -0.2) is 7.11 Å². The zero-order valence-corrected chi connectivity index (χ0v) is 12.6. The maximum Gasteiger partial charge on any atom is 0.180 e. The van der Waals surface area contributed by atoms with E-state index in [0.717, 1.165) is 11.6 Å². The van der Waals surface area contributed by atoms with E-state index in [1.54, 1.807) is 12.1 Å². The molecule has 0 spiro atoms. The molecular weight excluding hydrogens is 321 g/mol. The lowest BCUT2D eigenvalue weighted by molar-refractivity contribution is 0.278. The van der Waals surface area contributed by atoms with Gasteiger partial charge in [-0.3, -0.25) is 0 Å². The van der Waals surface area contributed by atoms with Gasteiger partial charge in [0.05, 0.1) is 12.1 Å². The first-order valence-corrected chi connectivity index (χ1v) is 6.96. The van der Waals surface area contributed by atoms with Gasteiger partial charge in [-0.25, -0.2) is 8.78 Å². The highest BCUT2D eigenvalue weighted by atomic mass is 35.5. The highest BCUT2D eigenvalue weighted by molar-refractivity contribution is 6.32. The Morgan fingerprint density at radius 3 is 2.62 bits per heavy atom. The fourth-order valence-electron chi connectivity index (χ4n) is 1.80. The molecule has 2 nitrogen and oxygen atoms in total. The highest BCUT2D eigenvalue weighted by Crippen LogP contribution is 2.37. The lowest BCUT2D eigenvalue weighted by atomic mass is 10.2. The molecule has 0 bridgehead atoms. The summed E-state index contributed by atoms with van der Waals surface area (Å²) in [5, 5.41) is 0.293. The Hall–Kier alpha value is -1.52. The van der Waals surface area contributed by atoms with Crippen molar-refractivity contribution in [3.05, 3.63) is 58.1 Å². The van der Waals surface area contributed by atoms with Gasteiger partial charge in [0.1, 0.15) is 6.61 Å². The van der Waals surface area contributed by atoms with Crippen LogP contribution >= 0.6 is 23.2 Å². The van der Waals surface area contributed by atoms with Crippen molar-refractivity contribution in [1.82, 2.24) is 0 Å². The molecule has 6 heteroatoms.